The van der Waals surface area contributed by atoms with Crippen molar-refractivity contribution in [2.45, 2.75) is 26.7 Å². The Morgan fingerprint density at radius 1 is 1.19 bits per heavy atom. The number of allylic oxidation sites excluding steroid dienone is 3. The Morgan fingerprint density at radius 3 is 1.96 bits per heavy atom. The molecule has 0 heterocycles. The van der Waals surface area contributed by atoms with E-state index in [9.17, 15) is 18.3 Å². The summed E-state index contributed by atoms with van der Waals surface area (Å²) in [7, 11) is -3.93. The van der Waals surface area contributed by atoms with E-state index in [0.717, 1.165) is 5.57 Å². The van der Waals surface area contributed by atoms with Crippen LogP contribution in [0.25, 0.3) is 6.08 Å². The van der Waals surface area contributed by atoms with Crippen molar-refractivity contribution < 1.29 is 74.3 Å². The van der Waals surface area contributed by atoms with Gasteiger partial charge < -0.3 is 9.90 Å². The first-order valence-electron chi connectivity index (χ1n) is 7.82. The molecule has 0 aliphatic heterocycles. The molecule has 0 aliphatic rings. The van der Waals surface area contributed by atoms with Gasteiger partial charge in [0, 0.05) is 0 Å². The van der Waals surface area contributed by atoms with Crippen molar-refractivity contribution in [1.82, 2.24) is 0 Å². The maximum atomic E-state index is 10.2. The fourth-order valence-electron chi connectivity index (χ4n) is 1.26. The van der Waals surface area contributed by atoms with E-state index >= 15 is 0 Å². The SMILES string of the molecule is C=CC(=C)C.C=Cc1ccccc1.CC(=CCCCS(=O)(=O)O)C(=O)[O-].[K+]. The molecule has 0 saturated heterocycles. The van der Waals surface area contributed by atoms with Gasteiger partial charge in [-0.15, -0.1) is 0 Å². The minimum absolute atomic E-state index is 0. The summed E-state index contributed by atoms with van der Waals surface area (Å²) in [5, 5.41) is 10.1. The van der Waals surface area contributed by atoms with Gasteiger partial charge in [-0.3, -0.25) is 4.55 Å². The number of carbonyl (C=O) groups is 1. The number of benzene rings is 1. The van der Waals surface area contributed by atoms with Crippen molar-refractivity contribution in [1.29, 1.82) is 0 Å². The second kappa shape index (κ2) is 18.6. The third-order valence-electron chi connectivity index (χ3n) is 2.76. The van der Waals surface area contributed by atoms with Crippen molar-refractivity contribution in [2.75, 3.05) is 5.75 Å². The molecule has 1 aromatic rings. The minimum atomic E-state index is -3.93. The Bertz CT molecular complexity index is 707. The Hall–Kier alpha value is -0.804. The number of unbranched alkanes of at least 4 members (excludes halogenated alkanes) is 1. The largest absolute Gasteiger partial charge is 1.00 e. The number of carboxylic acids is 1. The molecule has 0 aliphatic carbocycles. The minimum Gasteiger partial charge on any atom is -0.545 e. The van der Waals surface area contributed by atoms with E-state index in [1.165, 1.54) is 18.6 Å². The van der Waals surface area contributed by atoms with Crippen LogP contribution in [0.2, 0.25) is 0 Å². The van der Waals surface area contributed by atoms with E-state index in [1.807, 2.05) is 43.3 Å². The third-order valence-corrected chi connectivity index (χ3v) is 3.57. The van der Waals surface area contributed by atoms with Gasteiger partial charge in [-0.05, 0) is 37.8 Å². The summed E-state index contributed by atoms with van der Waals surface area (Å²) in [4.78, 5) is 10.1. The number of carbonyl (C=O) groups excluding carboxylic acids is 1. The van der Waals surface area contributed by atoms with Gasteiger partial charge in [0.2, 0.25) is 0 Å². The van der Waals surface area contributed by atoms with E-state index in [-0.39, 0.29) is 69.1 Å². The number of aliphatic carboxylic acids is 1. The Morgan fingerprint density at radius 2 is 1.67 bits per heavy atom. The van der Waals surface area contributed by atoms with Crippen molar-refractivity contribution in [3.63, 3.8) is 0 Å². The molecule has 0 aromatic heterocycles. The smallest absolute Gasteiger partial charge is 0.545 e. The maximum absolute atomic E-state index is 10.2. The summed E-state index contributed by atoms with van der Waals surface area (Å²) in [6, 6.07) is 10.0. The van der Waals surface area contributed by atoms with E-state index in [1.54, 1.807) is 6.08 Å². The van der Waals surface area contributed by atoms with Crippen LogP contribution < -0.4 is 56.5 Å². The van der Waals surface area contributed by atoms with E-state index < -0.39 is 16.1 Å². The van der Waals surface area contributed by atoms with Crippen LogP contribution in [-0.2, 0) is 14.9 Å². The predicted octanol–water partition coefficient (Wildman–Crippen LogP) is 0.433. The quantitative estimate of drug-likeness (QED) is 0.228. The molecular formula is C20H27KO5S. The normalized spacial score (nSPS) is 9.96. The van der Waals surface area contributed by atoms with Crippen LogP contribution in [-0.4, -0.2) is 24.7 Å². The van der Waals surface area contributed by atoms with Crippen molar-refractivity contribution in [3.05, 3.63) is 78.9 Å². The molecule has 0 bridgehead atoms. The molecule has 7 heteroatoms. The maximum Gasteiger partial charge on any atom is 1.00 e. The number of hydrogen-bond acceptors (Lipinski definition) is 4. The number of carboxylic acid groups (broad SMARTS) is 1. The average molecular weight is 419 g/mol. The van der Waals surface area contributed by atoms with Crippen molar-refractivity contribution >= 4 is 22.2 Å². The first-order chi connectivity index (χ1) is 12.0. The molecule has 27 heavy (non-hydrogen) atoms. The first-order valence-corrected chi connectivity index (χ1v) is 9.43. The molecule has 0 radical (unpaired) electrons. The van der Waals surface area contributed by atoms with Crippen LogP contribution in [0.5, 0.6) is 0 Å². The van der Waals surface area contributed by atoms with Crippen LogP contribution in [0.4, 0.5) is 0 Å². The summed E-state index contributed by atoms with van der Waals surface area (Å²) in [5.74, 6) is -1.63. The zero-order chi connectivity index (χ0) is 20.6. The topological polar surface area (TPSA) is 94.5 Å². The summed E-state index contributed by atoms with van der Waals surface area (Å²) < 4.78 is 28.7. The number of hydrogen-bond donors (Lipinski definition) is 1. The first kappa shape index (κ1) is 30.9. The van der Waals surface area contributed by atoms with Crippen LogP contribution in [0.15, 0.2) is 73.4 Å². The number of rotatable bonds is 7. The van der Waals surface area contributed by atoms with Gasteiger partial charge in [0.15, 0.2) is 0 Å². The van der Waals surface area contributed by atoms with Gasteiger partial charge in [0.25, 0.3) is 10.1 Å². The molecule has 0 atom stereocenters. The zero-order valence-electron chi connectivity index (χ0n) is 16.3. The molecule has 0 spiro atoms. The molecule has 0 fully saturated rings. The molecule has 0 saturated carbocycles. The third kappa shape index (κ3) is 25.2. The predicted molar refractivity (Wildman–Crippen MR) is 106 cm³/mol. The van der Waals surface area contributed by atoms with Gasteiger partial charge in [0.1, 0.15) is 0 Å². The van der Waals surface area contributed by atoms with Gasteiger partial charge in [0.05, 0.1) is 11.7 Å². The van der Waals surface area contributed by atoms with E-state index in [2.05, 4.69) is 19.7 Å². The van der Waals surface area contributed by atoms with Crippen LogP contribution >= 0.6 is 0 Å². The van der Waals surface area contributed by atoms with Crippen molar-refractivity contribution in [2.24, 2.45) is 0 Å². The van der Waals surface area contributed by atoms with E-state index in [4.69, 9.17) is 4.55 Å². The summed E-state index contributed by atoms with van der Waals surface area (Å²) in [5.41, 5.74) is 2.26. The molecule has 1 aromatic carbocycles. The molecule has 0 unspecified atom stereocenters. The molecular weight excluding hydrogens is 391 g/mol. The monoisotopic (exact) mass is 418 g/mol. The second-order valence-corrected chi connectivity index (χ2v) is 6.84. The van der Waals surface area contributed by atoms with Crippen LogP contribution in [0.3, 0.4) is 0 Å². The van der Waals surface area contributed by atoms with Gasteiger partial charge >= 0.3 is 51.4 Å². The summed E-state index contributed by atoms with van der Waals surface area (Å²) in [6.45, 7) is 13.9. The Balaban J connectivity index is -0.000000350. The molecule has 1 N–H and O–H groups in total. The van der Waals surface area contributed by atoms with Gasteiger partial charge in [-0.25, -0.2) is 0 Å². The second-order valence-electron chi connectivity index (χ2n) is 5.27. The summed E-state index contributed by atoms with van der Waals surface area (Å²) in [6.07, 6.45) is 5.41. The fourth-order valence-corrected chi connectivity index (χ4v) is 1.79. The molecule has 5 nitrogen and oxygen atoms in total. The molecule has 1 rings (SSSR count). The van der Waals surface area contributed by atoms with Gasteiger partial charge in [-0.1, -0.05) is 73.9 Å². The zero-order valence-corrected chi connectivity index (χ0v) is 20.3. The standard InChI is InChI=1S/C8H8.C7H12O5S.C5H8.K/c1-2-8-6-4-3-5-7-8;1-6(7(8)9)4-2-3-5-13(10,11)12;1-4-5(2)3;/h2-7H,1H2;4H,2-3,5H2,1H3,(H,8,9)(H,10,11,12);4H,1-2H2,3H3;/q;;;+1/p-1. The Kier molecular flexibility index (Phi) is 21.2. The summed E-state index contributed by atoms with van der Waals surface area (Å²) >= 11 is 0. The average Bonchev–Trinajstić information content (AvgIpc) is 2.59. The van der Waals surface area contributed by atoms with Crippen molar-refractivity contribution in [3.8, 4) is 0 Å². The Labute approximate surface area is 205 Å². The van der Waals surface area contributed by atoms with Crippen LogP contribution in [0.1, 0.15) is 32.3 Å². The fraction of sp³-hybridized carbons (Fsp3) is 0.250. The molecule has 144 valence electrons. The van der Waals surface area contributed by atoms with Crippen LogP contribution in [0, 0.1) is 0 Å². The van der Waals surface area contributed by atoms with Gasteiger partial charge in [-0.2, -0.15) is 8.42 Å². The molecule has 0 amide bonds. The van der Waals surface area contributed by atoms with E-state index in [0.29, 0.717) is 6.42 Å².